The minimum atomic E-state index is -2.04. The van der Waals surface area contributed by atoms with Gasteiger partial charge in [-0.3, -0.25) is 4.79 Å². The average molecular weight is 306 g/mol. The highest BCUT2D eigenvalue weighted by molar-refractivity contribution is 6.00. The predicted molar refractivity (Wildman–Crippen MR) is 79.0 cm³/mol. The Labute approximate surface area is 127 Å². The first kappa shape index (κ1) is 16.0. The van der Waals surface area contributed by atoms with Gasteiger partial charge in [0.2, 0.25) is 0 Å². The average Bonchev–Trinajstić information content (AvgIpc) is 2.46. The summed E-state index contributed by atoms with van der Waals surface area (Å²) >= 11 is 0. The van der Waals surface area contributed by atoms with Gasteiger partial charge in [0.25, 0.3) is 0 Å². The van der Waals surface area contributed by atoms with Crippen LogP contribution in [0.1, 0.15) is 35.7 Å². The molecular weight excluding hydrogens is 288 g/mol. The Bertz CT molecular complexity index is 624. The third-order valence-electron chi connectivity index (χ3n) is 3.57. The van der Waals surface area contributed by atoms with E-state index in [0.29, 0.717) is 17.7 Å². The topological polar surface area (TPSA) is 116 Å². The number of amides is 2. The largest absolute Gasteiger partial charge is 0.479 e. The third kappa shape index (κ3) is 3.62. The number of rotatable bonds is 4. The number of nitrogens with one attached hydrogen (secondary N) is 2. The maximum atomic E-state index is 11.8. The number of hydrogen-bond donors (Lipinski definition) is 4. The van der Waals surface area contributed by atoms with Crippen molar-refractivity contribution in [3.05, 3.63) is 29.3 Å². The summed E-state index contributed by atoms with van der Waals surface area (Å²) in [5.41, 5.74) is -0.0116. The van der Waals surface area contributed by atoms with E-state index in [2.05, 4.69) is 10.6 Å². The molecule has 0 aliphatic heterocycles. The number of aliphatic carboxylic acids is 1. The fourth-order valence-corrected chi connectivity index (χ4v) is 2.21. The van der Waals surface area contributed by atoms with Crippen molar-refractivity contribution < 1.29 is 24.6 Å². The first-order valence-electron chi connectivity index (χ1n) is 6.96. The highest BCUT2D eigenvalue weighted by atomic mass is 16.4. The molecule has 0 bridgehead atoms. The van der Waals surface area contributed by atoms with Gasteiger partial charge in [0, 0.05) is 17.7 Å². The molecule has 0 spiro atoms. The van der Waals surface area contributed by atoms with Crippen molar-refractivity contribution >= 4 is 23.5 Å². The van der Waals surface area contributed by atoms with Gasteiger partial charge in [-0.15, -0.1) is 0 Å². The molecule has 1 atom stereocenters. The van der Waals surface area contributed by atoms with Crippen molar-refractivity contribution in [1.29, 1.82) is 0 Å². The van der Waals surface area contributed by atoms with Gasteiger partial charge < -0.3 is 20.8 Å². The van der Waals surface area contributed by atoms with Crippen molar-refractivity contribution in [2.45, 2.75) is 31.8 Å². The van der Waals surface area contributed by atoms with Crippen LogP contribution in [-0.2, 0) is 11.2 Å². The zero-order valence-corrected chi connectivity index (χ0v) is 12.2. The Kier molecular flexibility index (Phi) is 4.46. The minimum absolute atomic E-state index is 0.0547. The molecule has 0 aromatic heterocycles. The number of fused-ring (bicyclic) bond motifs is 1. The summed E-state index contributed by atoms with van der Waals surface area (Å²) in [7, 11) is 0. The molecule has 1 aliphatic rings. The molecule has 4 N–H and O–H groups in total. The van der Waals surface area contributed by atoms with Crippen molar-refractivity contribution in [2.75, 3.05) is 11.9 Å². The van der Waals surface area contributed by atoms with E-state index in [9.17, 15) is 19.5 Å². The normalized spacial score (nSPS) is 16.4. The van der Waals surface area contributed by atoms with E-state index in [0.717, 1.165) is 25.3 Å². The minimum Gasteiger partial charge on any atom is -0.479 e. The van der Waals surface area contributed by atoms with E-state index in [1.165, 1.54) is 0 Å². The summed E-state index contributed by atoms with van der Waals surface area (Å²) in [4.78, 5) is 34.3. The smallest absolute Gasteiger partial charge is 0.337 e. The molecule has 1 aromatic carbocycles. The van der Waals surface area contributed by atoms with Crippen LogP contribution in [0.5, 0.6) is 0 Å². The second kappa shape index (κ2) is 6.15. The number of anilines is 1. The monoisotopic (exact) mass is 306 g/mol. The molecule has 22 heavy (non-hydrogen) atoms. The maximum Gasteiger partial charge on any atom is 0.337 e. The highest BCUT2D eigenvalue weighted by Crippen LogP contribution is 2.24. The predicted octanol–water partition coefficient (Wildman–Crippen LogP) is 1.16. The van der Waals surface area contributed by atoms with Gasteiger partial charge in [0.05, 0.1) is 6.54 Å². The van der Waals surface area contributed by atoms with Gasteiger partial charge >= 0.3 is 12.0 Å². The highest BCUT2D eigenvalue weighted by Gasteiger charge is 2.30. The Morgan fingerprint density at radius 1 is 1.32 bits per heavy atom. The standard InChI is InChI=1S/C15H18N2O5/c1-15(22,13(19)20)8-16-14(21)17-10-6-5-9-3-2-4-12(18)11(9)7-10/h5-7,22H,2-4,8H2,1H3,(H,19,20)(H2,16,17,21). The van der Waals surface area contributed by atoms with E-state index < -0.39 is 24.1 Å². The number of hydrogen-bond acceptors (Lipinski definition) is 4. The lowest BCUT2D eigenvalue weighted by atomic mass is 9.90. The zero-order chi connectivity index (χ0) is 16.3. The fraction of sp³-hybridized carbons (Fsp3) is 0.400. The van der Waals surface area contributed by atoms with E-state index in [1.54, 1.807) is 18.2 Å². The molecule has 0 saturated carbocycles. The number of carboxylic acids is 1. The molecule has 1 unspecified atom stereocenters. The number of Topliss-reactive ketones (excluding diaryl/α,β-unsaturated/α-hetero) is 1. The quantitative estimate of drug-likeness (QED) is 0.666. The van der Waals surface area contributed by atoms with E-state index in [4.69, 9.17) is 5.11 Å². The van der Waals surface area contributed by atoms with Gasteiger partial charge in [-0.2, -0.15) is 0 Å². The van der Waals surface area contributed by atoms with E-state index in [1.807, 2.05) is 0 Å². The van der Waals surface area contributed by atoms with Crippen molar-refractivity contribution in [3.63, 3.8) is 0 Å². The number of carbonyl (C=O) groups is 3. The Hall–Kier alpha value is -2.41. The van der Waals surface area contributed by atoms with Crippen LogP contribution in [0.4, 0.5) is 10.5 Å². The molecule has 2 rings (SSSR count). The second-order valence-electron chi connectivity index (χ2n) is 5.54. The van der Waals surface area contributed by atoms with Gasteiger partial charge in [0.1, 0.15) is 0 Å². The lowest BCUT2D eigenvalue weighted by molar-refractivity contribution is -0.155. The molecular formula is C15H18N2O5. The van der Waals surface area contributed by atoms with Crippen LogP contribution in [0.2, 0.25) is 0 Å². The van der Waals surface area contributed by atoms with Crippen LogP contribution in [0, 0.1) is 0 Å². The van der Waals surface area contributed by atoms with Crippen LogP contribution in [0.15, 0.2) is 18.2 Å². The van der Waals surface area contributed by atoms with Gasteiger partial charge in [-0.05, 0) is 37.5 Å². The van der Waals surface area contributed by atoms with Crippen molar-refractivity contribution in [3.8, 4) is 0 Å². The molecule has 118 valence electrons. The SMILES string of the molecule is CC(O)(CNC(=O)Nc1ccc2c(c1)C(=O)CCC2)C(=O)O. The van der Waals surface area contributed by atoms with Gasteiger partial charge in [0.15, 0.2) is 11.4 Å². The van der Waals surface area contributed by atoms with Crippen molar-refractivity contribution in [2.24, 2.45) is 0 Å². The van der Waals surface area contributed by atoms with Crippen LogP contribution in [0.3, 0.4) is 0 Å². The summed E-state index contributed by atoms with van der Waals surface area (Å²) in [6.45, 7) is 0.658. The number of ketones is 1. The summed E-state index contributed by atoms with van der Waals surface area (Å²) in [5, 5.41) is 23.1. The third-order valence-corrected chi connectivity index (χ3v) is 3.57. The van der Waals surface area contributed by atoms with Crippen LogP contribution < -0.4 is 10.6 Å². The number of aryl methyl sites for hydroxylation is 1. The lowest BCUT2D eigenvalue weighted by Crippen LogP contribution is -2.47. The summed E-state index contributed by atoms with van der Waals surface area (Å²) in [6.07, 6.45) is 2.18. The van der Waals surface area contributed by atoms with Gasteiger partial charge in [-0.25, -0.2) is 9.59 Å². The zero-order valence-electron chi connectivity index (χ0n) is 12.2. The summed E-state index contributed by atoms with van der Waals surface area (Å²) < 4.78 is 0. The van der Waals surface area contributed by atoms with Crippen LogP contribution in [0.25, 0.3) is 0 Å². The number of benzene rings is 1. The Balaban J connectivity index is 1.99. The first-order valence-corrected chi connectivity index (χ1v) is 6.96. The number of carboxylic acid groups (broad SMARTS) is 1. The molecule has 2 amide bonds. The van der Waals surface area contributed by atoms with Crippen LogP contribution in [-0.4, -0.2) is 40.1 Å². The second-order valence-corrected chi connectivity index (χ2v) is 5.54. The van der Waals surface area contributed by atoms with E-state index in [-0.39, 0.29) is 5.78 Å². The molecule has 0 radical (unpaired) electrons. The molecule has 0 fully saturated rings. The molecule has 1 aromatic rings. The lowest BCUT2D eigenvalue weighted by Gasteiger charge is -2.19. The molecule has 1 aliphatic carbocycles. The van der Waals surface area contributed by atoms with Gasteiger partial charge in [-0.1, -0.05) is 6.07 Å². The summed E-state index contributed by atoms with van der Waals surface area (Å²) in [5.74, 6) is -1.37. The number of urea groups is 1. The molecule has 0 heterocycles. The van der Waals surface area contributed by atoms with E-state index >= 15 is 0 Å². The maximum absolute atomic E-state index is 11.8. The first-order chi connectivity index (χ1) is 10.3. The van der Waals surface area contributed by atoms with Crippen molar-refractivity contribution in [1.82, 2.24) is 5.32 Å². The summed E-state index contributed by atoms with van der Waals surface area (Å²) in [6, 6.07) is 4.46. The fourth-order valence-electron chi connectivity index (χ4n) is 2.21. The number of carbonyl (C=O) groups excluding carboxylic acids is 2. The molecule has 7 heteroatoms. The molecule has 7 nitrogen and oxygen atoms in total. The molecule has 0 saturated heterocycles. The number of aliphatic hydroxyl groups is 1. The van der Waals surface area contributed by atoms with Crippen LogP contribution >= 0.6 is 0 Å². The Morgan fingerprint density at radius 3 is 2.73 bits per heavy atom. The Morgan fingerprint density at radius 2 is 2.05 bits per heavy atom.